The molecule has 1 amide bonds. The summed E-state index contributed by atoms with van der Waals surface area (Å²) in [7, 11) is 3.48. The van der Waals surface area contributed by atoms with Gasteiger partial charge in [-0.15, -0.1) is 11.3 Å². The van der Waals surface area contributed by atoms with Gasteiger partial charge in [0.2, 0.25) is 0 Å². The molecule has 0 unspecified atom stereocenters. The highest BCUT2D eigenvalue weighted by Gasteiger charge is 2.12. The van der Waals surface area contributed by atoms with E-state index >= 15 is 0 Å². The third-order valence-electron chi connectivity index (χ3n) is 3.82. The van der Waals surface area contributed by atoms with Crippen LogP contribution in [0.4, 0.5) is 0 Å². The maximum atomic E-state index is 12.5. The Morgan fingerprint density at radius 3 is 2.60 bits per heavy atom. The molecule has 0 bridgehead atoms. The van der Waals surface area contributed by atoms with Crippen molar-refractivity contribution in [2.24, 2.45) is 0 Å². The van der Waals surface area contributed by atoms with Gasteiger partial charge in [0.15, 0.2) is 5.16 Å². The largest absolute Gasteiger partial charge is 0.345 e. The normalized spacial score (nSPS) is 11.0. The second kappa shape index (κ2) is 7.41. The molecule has 0 saturated carbocycles. The lowest BCUT2D eigenvalue weighted by Gasteiger charge is -2.11. The molecule has 2 aromatic heterocycles. The third kappa shape index (κ3) is 3.62. The van der Waals surface area contributed by atoms with E-state index in [0.29, 0.717) is 22.6 Å². The summed E-state index contributed by atoms with van der Waals surface area (Å²) in [5.41, 5.74) is 2.54. The summed E-state index contributed by atoms with van der Waals surface area (Å²) in [6.07, 6.45) is 0. The summed E-state index contributed by atoms with van der Waals surface area (Å²) < 4.78 is 2.42. The maximum absolute atomic E-state index is 12.5. The minimum atomic E-state index is -0.0106. The summed E-state index contributed by atoms with van der Waals surface area (Å²) in [5.74, 6) is 0.682. The van der Waals surface area contributed by atoms with E-state index in [-0.39, 0.29) is 11.5 Å². The van der Waals surface area contributed by atoms with E-state index < -0.39 is 0 Å². The van der Waals surface area contributed by atoms with Gasteiger partial charge in [-0.2, -0.15) is 0 Å². The van der Waals surface area contributed by atoms with Crippen molar-refractivity contribution in [3.63, 3.8) is 0 Å². The van der Waals surface area contributed by atoms with E-state index in [1.54, 1.807) is 23.6 Å². The number of benzene rings is 1. The number of rotatable bonds is 5. The van der Waals surface area contributed by atoms with Crippen molar-refractivity contribution in [1.82, 2.24) is 14.5 Å². The van der Waals surface area contributed by atoms with Crippen LogP contribution in [0.3, 0.4) is 0 Å². The fourth-order valence-electron chi connectivity index (χ4n) is 2.46. The molecule has 5 nitrogen and oxygen atoms in total. The number of hydrogen-bond donors (Lipinski definition) is 0. The van der Waals surface area contributed by atoms with Gasteiger partial charge in [0.05, 0.1) is 5.52 Å². The summed E-state index contributed by atoms with van der Waals surface area (Å²) in [6.45, 7) is 2.55. The van der Waals surface area contributed by atoms with Gasteiger partial charge in [-0.3, -0.25) is 14.2 Å². The lowest BCUT2D eigenvalue weighted by Crippen LogP contribution is -2.21. The first-order chi connectivity index (χ1) is 12.0. The van der Waals surface area contributed by atoms with Crippen LogP contribution in [0.25, 0.3) is 10.2 Å². The van der Waals surface area contributed by atoms with Crippen LogP contribution in [0.2, 0.25) is 0 Å². The van der Waals surface area contributed by atoms with Crippen LogP contribution < -0.4 is 5.56 Å². The number of aromatic nitrogens is 2. The Balaban J connectivity index is 1.81. The van der Waals surface area contributed by atoms with E-state index in [0.717, 1.165) is 16.2 Å². The van der Waals surface area contributed by atoms with Crippen molar-refractivity contribution in [3.05, 3.63) is 57.2 Å². The first-order valence-electron chi connectivity index (χ1n) is 7.92. The molecule has 2 heterocycles. The first kappa shape index (κ1) is 17.7. The number of thiophene rings is 1. The molecule has 3 rings (SSSR count). The Hall–Kier alpha value is -2.12. The molecule has 0 atom stereocenters. The van der Waals surface area contributed by atoms with E-state index in [1.165, 1.54) is 23.1 Å². The van der Waals surface area contributed by atoms with Crippen LogP contribution in [0.5, 0.6) is 0 Å². The van der Waals surface area contributed by atoms with Crippen LogP contribution in [0.1, 0.15) is 22.8 Å². The van der Waals surface area contributed by atoms with Crippen LogP contribution in [-0.2, 0) is 12.3 Å². The molecule has 0 aliphatic heterocycles. The second-order valence-corrected chi connectivity index (χ2v) is 7.62. The van der Waals surface area contributed by atoms with Gasteiger partial charge in [-0.05, 0) is 36.1 Å². The minimum Gasteiger partial charge on any atom is -0.345 e. The molecule has 0 saturated heterocycles. The molecule has 0 aliphatic rings. The molecule has 0 spiro atoms. The highest BCUT2D eigenvalue weighted by molar-refractivity contribution is 7.98. The number of carbonyl (C=O) groups excluding carboxylic acids is 1. The van der Waals surface area contributed by atoms with Crippen molar-refractivity contribution in [1.29, 1.82) is 0 Å². The molecule has 0 radical (unpaired) electrons. The Kier molecular flexibility index (Phi) is 5.24. The summed E-state index contributed by atoms with van der Waals surface area (Å²) in [5, 5.41) is 2.63. The number of thioether (sulfide) groups is 1. The number of nitrogens with zero attached hydrogens (tertiary/aromatic N) is 3. The van der Waals surface area contributed by atoms with Crippen LogP contribution in [0.15, 0.2) is 45.7 Å². The molecule has 25 heavy (non-hydrogen) atoms. The molecular formula is C18H19N3O2S2. The molecule has 0 fully saturated rings. The van der Waals surface area contributed by atoms with Crippen molar-refractivity contribution >= 4 is 39.2 Å². The quantitative estimate of drug-likeness (QED) is 0.508. The SMILES string of the molecule is CCn1c(SCc2ccc(C(=O)N(C)C)cc2)nc2ccsc2c1=O. The van der Waals surface area contributed by atoms with Crippen molar-refractivity contribution < 1.29 is 4.79 Å². The van der Waals surface area contributed by atoms with Gasteiger partial charge < -0.3 is 4.90 Å². The Bertz CT molecular complexity index is 959. The third-order valence-corrected chi connectivity index (χ3v) is 5.76. The van der Waals surface area contributed by atoms with Crippen molar-refractivity contribution in [2.75, 3.05) is 14.1 Å². The van der Waals surface area contributed by atoms with Crippen molar-refractivity contribution in [3.8, 4) is 0 Å². The fourth-order valence-corrected chi connectivity index (χ4v) is 4.26. The predicted octanol–water partition coefficient (Wildman–Crippen LogP) is 3.47. The number of carbonyl (C=O) groups is 1. The Morgan fingerprint density at radius 1 is 1.24 bits per heavy atom. The molecule has 0 aliphatic carbocycles. The highest BCUT2D eigenvalue weighted by Crippen LogP contribution is 2.24. The van der Waals surface area contributed by atoms with E-state index in [4.69, 9.17) is 0 Å². The molecular weight excluding hydrogens is 354 g/mol. The fraction of sp³-hybridized carbons (Fsp3) is 0.278. The molecule has 0 N–H and O–H groups in total. The lowest BCUT2D eigenvalue weighted by molar-refractivity contribution is 0.0827. The van der Waals surface area contributed by atoms with Gasteiger partial charge in [0.25, 0.3) is 11.5 Å². The minimum absolute atomic E-state index is 0.0106. The number of amides is 1. The smallest absolute Gasteiger partial charge is 0.272 e. The summed E-state index contributed by atoms with van der Waals surface area (Å²) >= 11 is 2.97. The predicted molar refractivity (Wildman–Crippen MR) is 104 cm³/mol. The molecule has 3 aromatic rings. The van der Waals surface area contributed by atoms with E-state index in [9.17, 15) is 9.59 Å². The average Bonchev–Trinajstić information content (AvgIpc) is 3.08. The van der Waals surface area contributed by atoms with Gasteiger partial charge in [-0.25, -0.2) is 4.98 Å². The van der Waals surface area contributed by atoms with Gasteiger partial charge >= 0.3 is 0 Å². The average molecular weight is 374 g/mol. The zero-order valence-corrected chi connectivity index (χ0v) is 16.0. The summed E-state index contributed by atoms with van der Waals surface area (Å²) in [6, 6.07) is 9.44. The van der Waals surface area contributed by atoms with Crippen molar-refractivity contribution in [2.45, 2.75) is 24.4 Å². The molecule has 7 heteroatoms. The standard InChI is InChI=1S/C18H19N3O2S2/c1-4-21-17(23)15-14(9-10-24-15)19-18(21)25-11-12-5-7-13(8-6-12)16(22)20(2)3/h5-10H,4,11H2,1-3H3. The van der Waals surface area contributed by atoms with Gasteiger partial charge in [-0.1, -0.05) is 23.9 Å². The van der Waals surface area contributed by atoms with Gasteiger partial charge in [0.1, 0.15) is 4.70 Å². The van der Waals surface area contributed by atoms with E-state index in [2.05, 4.69) is 4.98 Å². The number of fused-ring (bicyclic) bond motifs is 1. The monoisotopic (exact) mass is 373 g/mol. The molecule has 130 valence electrons. The maximum Gasteiger partial charge on any atom is 0.272 e. The molecule has 1 aromatic carbocycles. The van der Waals surface area contributed by atoms with Crippen LogP contribution in [0, 0.1) is 0 Å². The van der Waals surface area contributed by atoms with Gasteiger partial charge in [0, 0.05) is 32.0 Å². The Morgan fingerprint density at radius 2 is 1.96 bits per heavy atom. The zero-order valence-electron chi connectivity index (χ0n) is 14.4. The van der Waals surface area contributed by atoms with E-state index in [1.807, 2.05) is 42.6 Å². The Labute approximate surface area is 154 Å². The second-order valence-electron chi connectivity index (χ2n) is 5.76. The highest BCUT2D eigenvalue weighted by atomic mass is 32.2. The number of hydrogen-bond acceptors (Lipinski definition) is 5. The summed E-state index contributed by atoms with van der Waals surface area (Å²) in [4.78, 5) is 30.6. The first-order valence-corrected chi connectivity index (χ1v) is 9.79. The zero-order chi connectivity index (χ0) is 18.0. The topological polar surface area (TPSA) is 55.2 Å². The lowest BCUT2D eigenvalue weighted by atomic mass is 10.1. The van der Waals surface area contributed by atoms with Crippen LogP contribution in [-0.4, -0.2) is 34.5 Å². The van der Waals surface area contributed by atoms with Crippen LogP contribution >= 0.6 is 23.1 Å².